The monoisotopic (exact) mass is 482 g/mol. The fourth-order valence-electron chi connectivity index (χ4n) is 3.89. The molecule has 0 radical (unpaired) electrons. The molecule has 0 aliphatic rings. The minimum Gasteiger partial charge on any atom is -0.497 e. The number of methoxy groups -OCH3 is 2. The largest absolute Gasteiger partial charge is 0.497 e. The second-order valence-electron chi connectivity index (χ2n) is 7.79. The summed E-state index contributed by atoms with van der Waals surface area (Å²) in [6.45, 7) is 1.29. The smallest absolute Gasteiger partial charge is 0.454 e. The molecule has 0 saturated carbocycles. The Morgan fingerprint density at radius 1 is 0.829 bits per heavy atom. The minimum atomic E-state index is -5.11. The van der Waals surface area contributed by atoms with Crippen LogP contribution in [0.4, 0.5) is 18.9 Å². The number of alkyl halides is 3. The number of anilines is 1. The van der Waals surface area contributed by atoms with Gasteiger partial charge in [0.1, 0.15) is 11.5 Å². The molecule has 6 nitrogen and oxygen atoms in total. The van der Waals surface area contributed by atoms with Crippen LogP contribution < -0.4 is 14.8 Å². The maximum Gasteiger partial charge on any atom is 0.454 e. The molecule has 4 rings (SSSR count). The summed E-state index contributed by atoms with van der Waals surface area (Å²) in [5, 5.41) is 2.70. The molecule has 0 bridgehead atoms. The summed E-state index contributed by atoms with van der Waals surface area (Å²) in [5.74, 6) is -1.29. The van der Waals surface area contributed by atoms with Crippen LogP contribution in [0.2, 0.25) is 0 Å². The highest BCUT2D eigenvalue weighted by Crippen LogP contribution is 2.40. The molecule has 1 aromatic heterocycles. The zero-order valence-corrected chi connectivity index (χ0v) is 19.0. The average molecular weight is 482 g/mol. The summed E-state index contributed by atoms with van der Waals surface area (Å²) >= 11 is 0. The van der Waals surface area contributed by atoms with E-state index in [1.807, 2.05) is 0 Å². The van der Waals surface area contributed by atoms with Gasteiger partial charge in [-0.05, 0) is 65.2 Å². The maximum absolute atomic E-state index is 13.7. The summed E-state index contributed by atoms with van der Waals surface area (Å²) in [4.78, 5) is 27.5. The zero-order valence-electron chi connectivity index (χ0n) is 19.0. The molecular weight excluding hydrogens is 461 g/mol. The molecule has 180 valence electrons. The summed E-state index contributed by atoms with van der Waals surface area (Å²) in [5.41, 5.74) is 1.45. The normalized spacial score (nSPS) is 11.4. The molecule has 0 aliphatic heterocycles. The van der Waals surface area contributed by atoms with E-state index in [1.165, 1.54) is 27.2 Å². The topological polar surface area (TPSA) is 80.4 Å². The Labute approximate surface area is 198 Å². The number of ketones is 1. The van der Waals surface area contributed by atoms with Gasteiger partial charge in [-0.15, -0.1) is 0 Å². The first-order valence-electron chi connectivity index (χ1n) is 10.5. The average Bonchev–Trinajstić information content (AvgIpc) is 3.22. The van der Waals surface area contributed by atoms with Gasteiger partial charge in [-0.1, -0.05) is 12.1 Å². The molecule has 9 heteroatoms. The molecule has 4 aromatic rings. The van der Waals surface area contributed by atoms with E-state index in [2.05, 4.69) is 10.3 Å². The lowest BCUT2D eigenvalue weighted by atomic mass is 9.97. The van der Waals surface area contributed by atoms with Gasteiger partial charge < -0.3 is 19.8 Å². The third kappa shape index (κ3) is 4.70. The van der Waals surface area contributed by atoms with Crippen molar-refractivity contribution in [3.63, 3.8) is 0 Å². The van der Waals surface area contributed by atoms with Gasteiger partial charge in [0.2, 0.25) is 5.91 Å². The molecule has 0 saturated heterocycles. The summed E-state index contributed by atoms with van der Waals surface area (Å²) < 4.78 is 51.4. The van der Waals surface area contributed by atoms with E-state index in [4.69, 9.17) is 9.47 Å². The van der Waals surface area contributed by atoms with E-state index in [1.54, 1.807) is 54.6 Å². The van der Waals surface area contributed by atoms with Crippen LogP contribution in [-0.4, -0.2) is 37.1 Å². The lowest BCUT2D eigenvalue weighted by Crippen LogP contribution is -2.23. The third-order valence-electron chi connectivity index (χ3n) is 5.50. The number of hydrogen-bond acceptors (Lipinski definition) is 4. The van der Waals surface area contributed by atoms with Crippen molar-refractivity contribution in [3.8, 4) is 33.9 Å². The van der Waals surface area contributed by atoms with Gasteiger partial charge in [0, 0.05) is 12.3 Å². The van der Waals surface area contributed by atoms with Crippen LogP contribution >= 0.6 is 0 Å². The van der Waals surface area contributed by atoms with Crippen LogP contribution in [0.5, 0.6) is 11.5 Å². The molecule has 0 unspecified atom stereocenters. The van der Waals surface area contributed by atoms with Gasteiger partial charge in [0.25, 0.3) is 5.78 Å². The second-order valence-corrected chi connectivity index (χ2v) is 7.79. The van der Waals surface area contributed by atoms with E-state index in [0.29, 0.717) is 28.2 Å². The number of aromatic nitrogens is 1. The molecule has 2 N–H and O–H groups in total. The molecule has 0 atom stereocenters. The quantitative estimate of drug-likeness (QED) is 0.320. The number of carbonyl (C=O) groups excluding carboxylic acids is 2. The van der Waals surface area contributed by atoms with Crippen molar-refractivity contribution < 1.29 is 32.2 Å². The summed E-state index contributed by atoms with van der Waals surface area (Å²) in [6.07, 6.45) is -5.11. The van der Waals surface area contributed by atoms with E-state index < -0.39 is 23.4 Å². The van der Waals surface area contributed by atoms with Gasteiger partial charge in [0.15, 0.2) is 0 Å². The van der Waals surface area contributed by atoms with Crippen molar-refractivity contribution in [2.24, 2.45) is 0 Å². The van der Waals surface area contributed by atoms with Crippen molar-refractivity contribution in [2.75, 3.05) is 19.5 Å². The van der Waals surface area contributed by atoms with Crippen LogP contribution in [0.3, 0.4) is 0 Å². The Balaban J connectivity index is 2.03. The molecular formula is C26H21F3N2O4. The number of amides is 1. The molecule has 35 heavy (non-hydrogen) atoms. The number of ether oxygens (including phenoxy) is 2. The van der Waals surface area contributed by atoms with Gasteiger partial charge in [-0.3, -0.25) is 9.59 Å². The highest BCUT2D eigenvalue weighted by molar-refractivity contribution is 6.18. The summed E-state index contributed by atoms with van der Waals surface area (Å²) in [6, 6.07) is 16.3. The number of Topliss-reactive ketones (excluding diaryl/α,β-unsaturated/α-hetero) is 1. The molecule has 0 aliphatic carbocycles. The first-order valence-corrected chi connectivity index (χ1v) is 10.5. The second kappa shape index (κ2) is 9.17. The Hall–Kier alpha value is -4.27. The first-order chi connectivity index (χ1) is 16.6. The van der Waals surface area contributed by atoms with Gasteiger partial charge in [0.05, 0.1) is 36.7 Å². The van der Waals surface area contributed by atoms with Crippen molar-refractivity contribution in [2.45, 2.75) is 13.1 Å². The Morgan fingerprint density at radius 3 is 1.86 bits per heavy atom. The Kier molecular flexibility index (Phi) is 6.26. The number of fused-ring (bicyclic) bond motifs is 1. The predicted octanol–water partition coefficient (Wildman–Crippen LogP) is 6.22. The number of hydrogen-bond donors (Lipinski definition) is 2. The lowest BCUT2D eigenvalue weighted by Gasteiger charge is -2.11. The Morgan fingerprint density at radius 2 is 1.37 bits per heavy atom. The maximum atomic E-state index is 13.7. The molecule has 0 spiro atoms. The van der Waals surface area contributed by atoms with Crippen LogP contribution in [0, 0.1) is 0 Å². The number of H-pyrrole nitrogens is 1. The highest BCUT2D eigenvalue weighted by Gasteiger charge is 2.42. The number of rotatable bonds is 6. The summed E-state index contributed by atoms with van der Waals surface area (Å²) in [7, 11) is 2.99. The van der Waals surface area contributed by atoms with Crippen molar-refractivity contribution in [1.82, 2.24) is 4.98 Å². The minimum absolute atomic E-state index is 0.0107. The van der Waals surface area contributed by atoms with E-state index in [9.17, 15) is 22.8 Å². The first kappa shape index (κ1) is 23.9. The number of carbonyl (C=O) groups is 2. The predicted molar refractivity (Wildman–Crippen MR) is 127 cm³/mol. The van der Waals surface area contributed by atoms with E-state index in [0.717, 1.165) is 0 Å². The van der Waals surface area contributed by atoms with Crippen molar-refractivity contribution in [3.05, 3.63) is 66.2 Å². The number of aromatic amines is 1. The van der Waals surface area contributed by atoms with Gasteiger partial charge in [-0.25, -0.2) is 0 Å². The van der Waals surface area contributed by atoms with E-state index in [-0.39, 0.29) is 22.3 Å². The fraction of sp³-hybridized carbons (Fsp3) is 0.154. The zero-order chi connectivity index (χ0) is 25.3. The SMILES string of the molecule is COc1ccc(-c2cc(NC(C)=O)c3[nH]c(-c4ccc(OC)cc4)c(C(=O)C(F)(F)F)c3c2)cc1. The van der Waals surface area contributed by atoms with Crippen molar-refractivity contribution >= 4 is 28.3 Å². The molecule has 3 aromatic carbocycles. The lowest BCUT2D eigenvalue weighted by molar-refractivity contribution is -0.114. The molecule has 1 amide bonds. The van der Waals surface area contributed by atoms with Gasteiger partial charge >= 0.3 is 6.18 Å². The Bertz CT molecular complexity index is 1410. The third-order valence-corrected chi connectivity index (χ3v) is 5.50. The van der Waals surface area contributed by atoms with Crippen molar-refractivity contribution in [1.29, 1.82) is 0 Å². The van der Waals surface area contributed by atoms with E-state index >= 15 is 0 Å². The standard InChI is InChI=1S/C26H21F3N2O4/c1-14(32)30-21-13-17(15-4-8-18(34-2)9-5-15)12-20-22(25(33)26(27,28)29)23(31-24(20)21)16-6-10-19(35-3)11-7-16/h4-13,31H,1-3H3,(H,30,32). The van der Waals surface area contributed by atoms with Crippen LogP contribution in [0.15, 0.2) is 60.7 Å². The van der Waals surface area contributed by atoms with Crippen LogP contribution in [0.1, 0.15) is 17.3 Å². The number of benzene rings is 3. The number of nitrogens with one attached hydrogen (secondary N) is 2. The van der Waals surface area contributed by atoms with Crippen LogP contribution in [-0.2, 0) is 4.79 Å². The van der Waals surface area contributed by atoms with Crippen LogP contribution in [0.25, 0.3) is 33.3 Å². The highest BCUT2D eigenvalue weighted by atomic mass is 19.4. The number of halogens is 3. The molecule has 1 heterocycles. The van der Waals surface area contributed by atoms with Gasteiger partial charge in [-0.2, -0.15) is 13.2 Å². The molecule has 0 fully saturated rings. The fourth-order valence-corrected chi connectivity index (χ4v) is 3.89.